The van der Waals surface area contributed by atoms with Gasteiger partial charge in [0, 0.05) is 10.8 Å². The summed E-state index contributed by atoms with van der Waals surface area (Å²) in [7, 11) is 0. The van der Waals surface area contributed by atoms with Crippen molar-refractivity contribution in [3.05, 3.63) is 157 Å². The van der Waals surface area contributed by atoms with Crippen molar-refractivity contribution in [2.45, 2.75) is 0 Å². The van der Waals surface area contributed by atoms with Gasteiger partial charge in [0.1, 0.15) is 11.2 Å². The number of para-hydroxylation sites is 1. The Bertz CT molecular complexity index is 3220. The summed E-state index contributed by atoms with van der Waals surface area (Å²) < 4.78 is 130. The molecule has 0 aliphatic rings. The van der Waals surface area contributed by atoms with E-state index in [1.54, 1.807) is 18.2 Å². The number of hydrogen-bond donors (Lipinski definition) is 0. The van der Waals surface area contributed by atoms with E-state index in [0.29, 0.717) is 16.7 Å². The van der Waals surface area contributed by atoms with Gasteiger partial charge >= 0.3 is 0 Å². The van der Waals surface area contributed by atoms with E-state index >= 15 is 0 Å². The standard InChI is InChI=1S/C42H26O/c1-2-11-28-24-32(21-20-27(28)10-1)42-36-17-5-3-15-34(36)41(35-16-4-6-18-37(35)42)31-13-9-12-29(25-31)30-22-23-40-38(26-30)33-14-7-8-19-39(33)43-40/h1-26H/i1D,2D,3D,4D,5D,6D,10D,11D,15D,16D,17D,18D,20D,21D. The van der Waals surface area contributed by atoms with E-state index in [9.17, 15) is 6.85 Å². The molecule has 0 fully saturated rings. The average molecular weight is 561 g/mol. The summed E-state index contributed by atoms with van der Waals surface area (Å²) >= 11 is 0. The third kappa shape index (κ3) is 3.79. The minimum Gasteiger partial charge on any atom is -0.456 e. The van der Waals surface area contributed by atoms with Crippen molar-refractivity contribution in [3.8, 4) is 33.4 Å². The summed E-state index contributed by atoms with van der Waals surface area (Å²) in [5.74, 6) is 0. The maximum absolute atomic E-state index is 9.30. The van der Waals surface area contributed by atoms with Gasteiger partial charge in [-0.3, -0.25) is 0 Å². The lowest BCUT2D eigenvalue weighted by Gasteiger charge is -2.18. The topological polar surface area (TPSA) is 13.1 Å². The molecule has 0 amide bonds. The van der Waals surface area contributed by atoms with E-state index in [4.69, 9.17) is 16.8 Å². The van der Waals surface area contributed by atoms with Crippen LogP contribution in [0.4, 0.5) is 0 Å². The highest BCUT2D eigenvalue weighted by Gasteiger charge is 2.17. The average Bonchev–Trinajstić information content (AvgIpc) is 3.59. The first-order valence-corrected chi connectivity index (χ1v) is 13.6. The summed E-state index contributed by atoms with van der Waals surface area (Å²) in [6, 6.07) is 13.6. The van der Waals surface area contributed by atoms with Gasteiger partial charge in [0.25, 0.3) is 0 Å². The summed E-state index contributed by atoms with van der Waals surface area (Å²) in [6.45, 7) is 0. The molecule has 1 heteroatoms. The van der Waals surface area contributed by atoms with Gasteiger partial charge in [-0.2, -0.15) is 0 Å². The Morgan fingerprint density at radius 3 is 1.74 bits per heavy atom. The zero-order valence-corrected chi connectivity index (χ0v) is 22.3. The molecule has 8 aromatic carbocycles. The van der Waals surface area contributed by atoms with Crippen LogP contribution in [0.2, 0.25) is 0 Å². The monoisotopic (exact) mass is 560 g/mol. The second-order valence-electron chi connectivity index (χ2n) is 10.2. The normalized spacial score (nSPS) is 16.3. The van der Waals surface area contributed by atoms with Crippen molar-refractivity contribution in [3.63, 3.8) is 0 Å². The predicted octanol–water partition coefficient (Wildman–Crippen LogP) is 12.0. The minimum absolute atomic E-state index is 0.0945. The van der Waals surface area contributed by atoms with Gasteiger partial charge < -0.3 is 4.42 Å². The van der Waals surface area contributed by atoms with Gasteiger partial charge in [-0.1, -0.05) is 127 Å². The summed E-state index contributed by atoms with van der Waals surface area (Å²) in [5.41, 5.74) is 2.97. The third-order valence-corrected chi connectivity index (χ3v) is 7.83. The second-order valence-corrected chi connectivity index (χ2v) is 10.2. The molecule has 0 atom stereocenters. The quantitative estimate of drug-likeness (QED) is 0.196. The Morgan fingerprint density at radius 1 is 0.372 bits per heavy atom. The lowest BCUT2D eigenvalue weighted by atomic mass is 9.85. The fourth-order valence-corrected chi connectivity index (χ4v) is 5.92. The van der Waals surface area contributed by atoms with Gasteiger partial charge in [-0.25, -0.2) is 0 Å². The highest BCUT2D eigenvalue weighted by Crippen LogP contribution is 2.44. The van der Waals surface area contributed by atoms with Crippen molar-refractivity contribution in [1.82, 2.24) is 0 Å². The molecule has 0 saturated heterocycles. The smallest absolute Gasteiger partial charge is 0.135 e. The van der Waals surface area contributed by atoms with Gasteiger partial charge in [-0.05, 0) is 96.0 Å². The molecule has 0 unspecified atom stereocenters. The first-order chi connectivity index (χ1) is 27.1. The molecule has 200 valence electrons. The molecule has 0 aliphatic heterocycles. The van der Waals surface area contributed by atoms with Gasteiger partial charge in [0.2, 0.25) is 0 Å². The molecule has 0 spiro atoms. The van der Waals surface area contributed by atoms with E-state index in [-0.39, 0.29) is 49.0 Å². The molecule has 1 heterocycles. The van der Waals surface area contributed by atoms with E-state index < -0.39 is 84.6 Å². The molecule has 0 aliphatic carbocycles. The number of benzene rings is 8. The highest BCUT2D eigenvalue weighted by molar-refractivity contribution is 6.22. The molecule has 0 bridgehead atoms. The zero-order chi connectivity index (χ0) is 40.5. The Kier molecular flexibility index (Phi) is 3.07. The third-order valence-electron chi connectivity index (χ3n) is 7.83. The van der Waals surface area contributed by atoms with Crippen LogP contribution in [-0.4, -0.2) is 0 Å². The molecular formula is C42H26O. The summed E-state index contributed by atoms with van der Waals surface area (Å²) in [6.07, 6.45) is 0. The number of furan rings is 1. The van der Waals surface area contributed by atoms with E-state index in [1.807, 2.05) is 48.5 Å². The van der Waals surface area contributed by atoms with Crippen molar-refractivity contribution < 1.29 is 23.6 Å². The van der Waals surface area contributed by atoms with E-state index in [1.165, 1.54) is 6.07 Å². The van der Waals surface area contributed by atoms with E-state index in [0.717, 1.165) is 21.9 Å². The SMILES string of the molecule is [2H]c1c([2H])c([2H])c2c([2H])c([2H])c(-c3c4c([2H])c([2H])c([2H])c([2H])c4c(-c4cccc(-c5ccc6oc7ccccc7c6c5)c4)c4c([2H])c([2H])c([2H])c([2H])c34)cc2c1[2H]. The Morgan fingerprint density at radius 2 is 0.977 bits per heavy atom. The van der Waals surface area contributed by atoms with Gasteiger partial charge in [0.05, 0.1) is 19.2 Å². The Balaban J connectivity index is 1.47. The Hall–Kier alpha value is -5.66. The van der Waals surface area contributed by atoms with E-state index in [2.05, 4.69) is 0 Å². The van der Waals surface area contributed by atoms with Crippen LogP contribution in [0.5, 0.6) is 0 Å². The lowest BCUT2D eigenvalue weighted by molar-refractivity contribution is 0.669. The van der Waals surface area contributed by atoms with Crippen LogP contribution >= 0.6 is 0 Å². The van der Waals surface area contributed by atoms with Crippen LogP contribution in [0.15, 0.2) is 162 Å². The van der Waals surface area contributed by atoms with Gasteiger partial charge in [0.15, 0.2) is 0 Å². The molecule has 0 saturated carbocycles. The van der Waals surface area contributed by atoms with Crippen molar-refractivity contribution in [2.24, 2.45) is 0 Å². The van der Waals surface area contributed by atoms with Crippen LogP contribution < -0.4 is 0 Å². The molecule has 9 aromatic rings. The zero-order valence-electron chi connectivity index (χ0n) is 36.3. The Labute approximate surface area is 268 Å². The largest absolute Gasteiger partial charge is 0.456 e. The lowest BCUT2D eigenvalue weighted by Crippen LogP contribution is -1.91. The van der Waals surface area contributed by atoms with Crippen LogP contribution in [-0.2, 0) is 0 Å². The van der Waals surface area contributed by atoms with Crippen molar-refractivity contribution in [2.75, 3.05) is 0 Å². The first-order valence-electron chi connectivity index (χ1n) is 20.6. The van der Waals surface area contributed by atoms with Crippen LogP contribution in [0, 0.1) is 0 Å². The number of fused-ring (bicyclic) bond motifs is 6. The molecular weight excluding hydrogens is 520 g/mol. The maximum atomic E-state index is 9.30. The minimum atomic E-state index is -0.644. The molecule has 0 N–H and O–H groups in total. The van der Waals surface area contributed by atoms with Gasteiger partial charge in [-0.15, -0.1) is 0 Å². The van der Waals surface area contributed by atoms with Crippen molar-refractivity contribution in [1.29, 1.82) is 0 Å². The van der Waals surface area contributed by atoms with Crippen LogP contribution in [0.3, 0.4) is 0 Å². The second kappa shape index (κ2) is 9.44. The predicted molar refractivity (Wildman–Crippen MR) is 183 cm³/mol. The van der Waals surface area contributed by atoms with Crippen LogP contribution in [0.1, 0.15) is 19.2 Å². The highest BCUT2D eigenvalue weighted by atomic mass is 16.3. The summed E-state index contributed by atoms with van der Waals surface area (Å²) in [5, 5.41) is 0.861. The molecule has 9 rings (SSSR count). The molecule has 0 radical (unpaired) electrons. The van der Waals surface area contributed by atoms with Crippen molar-refractivity contribution >= 4 is 54.3 Å². The number of hydrogen-bond acceptors (Lipinski definition) is 1. The fourth-order valence-electron chi connectivity index (χ4n) is 5.92. The number of rotatable bonds is 3. The fraction of sp³-hybridized carbons (Fsp3) is 0. The van der Waals surface area contributed by atoms with Crippen LogP contribution in [0.25, 0.3) is 87.6 Å². The molecule has 1 nitrogen and oxygen atoms in total. The molecule has 1 aromatic heterocycles. The molecule has 43 heavy (non-hydrogen) atoms. The first kappa shape index (κ1) is 14.0. The summed E-state index contributed by atoms with van der Waals surface area (Å²) in [4.78, 5) is 0. The maximum Gasteiger partial charge on any atom is 0.135 e.